The minimum atomic E-state index is 0.283. The summed E-state index contributed by atoms with van der Waals surface area (Å²) in [5.41, 5.74) is 3.03. The molecule has 21 heavy (non-hydrogen) atoms. The number of hydrogen-bond acceptors (Lipinski definition) is 2. The Kier molecular flexibility index (Phi) is 5.45. The van der Waals surface area contributed by atoms with E-state index < -0.39 is 0 Å². The summed E-state index contributed by atoms with van der Waals surface area (Å²) in [6, 6.07) is 9.03. The van der Waals surface area contributed by atoms with Crippen LogP contribution in [-0.4, -0.2) is 19.8 Å². The molecule has 1 aliphatic carbocycles. The van der Waals surface area contributed by atoms with Crippen molar-refractivity contribution in [3.05, 3.63) is 35.4 Å². The third kappa shape index (κ3) is 4.82. The molecule has 0 aliphatic heterocycles. The second-order valence-corrected chi connectivity index (χ2v) is 7.62. The normalized spacial score (nSPS) is 26.5. The van der Waals surface area contributed by atoms with Gasteiger partial charge in [-0.1, -0.05) is 50.6 Å². The van der Waals surface area contributed by atoms with E-state index in [1.54, 1.807) is 0 Å². The van der Waals surface area contributed by atoms with E-state index in [2.05, 4.69) is 57.3 Å². The van der Waals surface area contributed by atoms with Gasteiger partial charge in [-0.05, 0) is 50.1 Å². The summed E-state index contributed by atoms with van der Waals surface area (Å²) >= 11 is 0. The number of hydrogen-bond donors (Lipinski definition) is 1. The molecule has 3 atom stereocenters. The van der Waals surface area contributed by atoms with Gasteiger partial charge in [-0.3, -0.25) is 0 Å². The fraction of sp³-hybridized carbons (Fsp3) is 0.684. The molecule has 1 aromatic rings. The molecular formula is C19H31NO. The molecule has 3 unspecified atom stereocenters. The maximum absolute atomic E-state index is 6.26. The van der Waals surface area contributed by atoms with E-state index in [1.807, 2.05) is 7.05 Å². The first kappa shape index (κ1) is 16.5. The van der Waals surface area contributed by atoms with Gasteiger partial charge >= 0.3 is 0 Å². The average Bonchev–Trinajstić information content (AvgIpc) is 2.39. The molecular weight excluding hydrogens is 258 g/mol. The largest absolute Gasteiger partial charge is 0.376 e. The highest BCUT2D eigenvalue weighted by Crippen LogP contribution is 2.39. The zero-order valence-electron chi connectivity index (χ0n) is 14.3. The van der Waals surface area contributed by atoms with E-state index in [1.165, 1.54) is 30.4 Å². The average molecular weight is 289 g/mol. The molecule has 0 saturated heterocycles. The highest BCUT2D eigenvalue weighted by molar-refractivity contribution is 5.24. The van der Waals surface area contributed by atoms with Gasteiger partial charge < -0.3 is 10.1 Å². The summed E-state index contributed by atoms with van der Waals surface area (Å²) in [4.78, 5) is 0. The van der Waals surface area contributed by atoms with E-state index in [4.69, 9.17) is 4.74 Å². The van der Waals surface area contributed by atoms with Crippen molar-refractivity contribution in [3.63, 3.8) is 0 Å². The van der Waals surface area contributed by atoms with Gasteiger partial charge in [0.25, 0.3) is 0 Å². The van der Waals surface area contributed by atoms with Crippen LogP contribution in [0.2, 0.25) is 0 Å². The van der Waals surface area contributed by atoms with Gasteiger partial charge in [0.15, 0.2) is 0 Å². The summed E-state index contributed by atoms with van der Waals surface area (Å²) in [7, 11) is 2.02. The summed E-state index contributed by atoms with van der Waals surface area (Å²) < 4.78 is 6.26. The Hall–Kier alpha value is -0.860. The van der Waals surface area contributed by atoms with Crippen molar-refractivity contribution in [1.82, 2.24) is 5.32 Å². The Bertz CT molecular complexity index is 437. The van der Waals surface area contributed by atoms with Crippen molar-refractivity contribution in [2.75, 3.05) is 13.7 Å². The molecule has 1 aliphatic rings. The third-order valence-electron chi connectivity index (χ3n) is 4.67. The molecule has 1 saturated carbocycles. The number of nitrogens with one attached hydrogen (secondary N) is 1. The minimum absolute atomic E-state index is 0.283. The lowest BCUT2D eigenvalue weighted by molar-refractivity contribution is -0.0303. The second kappa shape index (κ2) is 6.93. The minimum Gasteiger partial charge on any atom is -0.376 e. The van der Waals surface area contributed by atoms with Gasteiger partial charge in [0.2, 0.25) is 0 Å². The summed E-state index contributed by atoms with van der Waals surface area (Å²) in [5, 5.41) is 3.38. The highest BCUT2D eigenvalue weighted by atomic mass is 16.5. The Labute approximate surface area is 130 Å². The van der Waals surface area contributed by atoms with Crippen LogP contribution in [0.4, 0.5) is 0 Å². The molecule has 0 heterocycles. The first-order valence-electron chi connectivity index (χ1n) is 8.25. The molecule has 118 valence electrons. The van der Waals surface area contributed by atoms with Crippen LogP contribution in [0.5, 0.6) is 0 Å². The number of likely N-dealkylation sites (N-methyl/N-ethyl adjacent to an activating group) is 1. The zero-order chi connectivity index (χ0) is 15.5. The second-order valence-electron chi connectivity index (χ2n) is 7.62. The molecule has 0 amide bonds. The van der Waals surface area contributed by atoms with Crippen molar-refractivity contribution in [3.8, 4) is 0 Å². The Morgan fingerprint density at radius 2 is 1.90 bits per heavy atom. The lowest BCUT2D eigenvalue weighted by atomic mass is 9.71. The molecule has 1 fully saturated rings. The highest BCUT2D eigenvalue weighted by Gasteiger charge is 2.32. The van der Waals surface area contributed by atoms with Crippen LogP contribution in [0.15, 0.2) is 24.3 Å². The van der Waals surface area contributed by atoms with Crippen molar-refractivity contribution in [1.29, 1.82) is 0 Å². The van der Waals surface area contributed by atoms with E-state index >= 15 is 0 Å². The smallest absolute Gasteiger partial charge is 0.0665 e. The number of aryl methyl sites for hydroxylation is 1. The molecule has 1 N–H and O–H groups in total. The van der Waals surface area contributed by atoms with E-state index in [-0.39, 0.29) is 6.04 Å². The van der Waals surface area contributed by atoms with Crippen LogP contribution in [0.1, 0.15) is 57.2 Å². The number of benzene rings is 1. The molecule has 0 bridgehead atoms. The van der Waals surface area contributed by atoms with Crippen molar-refractivity contribution < 1.29 is 4.74 Å². The van der Waals surface area contributed by atoms with Gasteiger partial charge in [-0.2, -0.15) is 0 Å². The first-order valence-corrected chi connectivity index (χ1v) is 8.25. The maximum Gasteiger partial charge on any atom is 0.0665 e. The monoisotopic (exact) mass is 289 g/mol. The van der Waals surface area contributed by atoms with Crippen molar-refractivity contribution >= 4 is 0 Å². The van der Waals surface area contributed by atoms with Crippen LogP contribution in [0.25, 0.3) is 0 Å². The van der Waals surface area contributed by atoms with Gasteiger partial charge in [0.05, 0.1) is 18.8 Å². The van der Waals surface area contributed by atoms with Crippen LogP contribution in [0, 0.1) is 18.3 Å². The predicted octanol–water partition coefficient (Wildman–Crippen LogP) is 4.49. The standard InChI is InChI=1S/C19H31NO/c1-14-6-8-16(9-7-14)18(20-5)13-21-17-10-15(2)11-19(3,4)12-17/h6-9,15,17-18,20H,10-13H2,1-5H3. The fourth-order valence-corrected chi connectivity index (χ4v) is 3.76. The maximum atomic E-state index is 6.26. The van der Waals surface area contributed by atoms with Crippen LogP contribution in [0.3, 0.4) is 0 Å². The van der Waals surface area contributed by atoms with Crippen molar-refractivity contribution in [2.24, 2.45) is 11.3 Å². The summed E-state index contributed by atoms with van der Waals surface area (Å²) in [5.74, 6) is 0.770. The SMILES string of the molecule is CNC(COC1CC(C)CC(C)(C)C1)c1ccc(C)cc1. The first-order chi connectivity index (χ1) is 9.89. The topological polar surface area (TPSA) is 21.3 Å². The van der Waals surface area contributed by atoms with Gasteiger partial charge in [-0.25, -0.2) is 0 Å². The van der Waals surface area contributed by atoms with Crippen molar-refractivity contribution in [2.45, 2.75) is 59.1 Å². The fourth-order valence-electron chi connectivity index (χ4n) is 3.76. The van der Waals surface area contributed by atoms with E-state index in [0.717, 1.165) is 12.5 Å². The molecule has 0 radical (unpaired) electrons. The Morgan fingerprint density at radius 3 is 2.48 bits per heavy atom. The predicted molar refractivity (Wildman–Crippen MR) is 89.5 cm³/mol. The summed E-state index contributed by atoms with van der Waals surface area (Å²) in [6.45, 7) is 9.98. The lowest BCUT2D eigenvalue weighted by Gasteiger charge is -2.39. The molecule has 2 heteroatoms. The number of rotatable bonds is 5. The third-order valence-corrected chi connectivity index (χ3v) is 4.67. The van der Waals surface area contributed by atoms with Gasteiger partial charge in [0, 0.05) is 0 Å². The number of ether oxygens (including phenoxy) is 1. The van der Waals surface area contributed by atoms with E-state index in [9.17, 15) is 0 Å². The molecule has 2 rings (SSSR count). The molecule has 0 aromatic heterocycles. The molecule has 2 nitrogen and oxygen atoms in total. The van der Waals surface area contributed by atoms with Gasteiger partial charge in [-0.15, -0.1) is 0 Å². The van der Waals surface area contributed by atoms with Gasteiger partial charge in [0.1, 0.15) is 0 Å². The molecule has 0 spiro atoms. The Morgan fingerprint density at radius 1 is 1.24 bits per heavy atom. The van der Waals surface area contributed by atoms with E-state index in [0.29, 0.717) is 11.5 Å². The van der Waals surface area contributed by atoms with Crippen LogP contribution >= 0.6 is 0 Å². The van der Waals surface area contributed by atoms with Crippen LogP contribution in [-0.2, 0) is 4.74 Å². The van der Waals surface area contributed by atoms with Crippen LogP contribution < -0.4 is 5.32 Å². The molecule has 1 aromatic carbocycles. The quantitative estimate of drug-likeness (QED) is 0.862. The Balaban J connectivity index is 1.92. The lowest BCUT2D eigenvalue weighted by Crippen LogP contribution is -2.34. The summed E-state index contributed by atoms with van der Waals surface area (Å²) in [6.07, 6.45) is 4.11. The zero-order valence-corrected chi connectivity index (χ0v) is 14.3.